The molecule has 308 valence electrons. The lowest BCUT2D eigenvalue weighted by molar-refractivity contribution is 0.140. The van der Waals surface area contributed by atoms with Crippen LogP contribution in [0.15, 0.2) is 72.8 Å². The Kier molecular flexibility index (Phi) is 15.5. The second kappa shape index (κ2) is 20.7. The highest BCUT2D eigenvalue weighted by molar-refractivity contribution is 5.55. The van der Waals surface area contributed by atoms with Crippen molar-refractivity contribution in [2.45, 2.75) is 168 Å². The first-order valence-electron chi connectivity index (χ1n) is 23.0. The Morgan fingerprint density at radius 2 is 0.860 bits per heavy atom. The third-order valence-electron chi connectivity index (χ3n) is 13.9. The fraction of sp³-hybridized carbons (Fsp3) is 0.547. The van der Waals surface area contributed by atoms with Gasteiger partial charge in [0.05, 0.1) is 0 Å². The van der Waals surface area contributed by atoms with Gasteiger partial charge in [0.2, 0.25) is 0 Å². The maximum absolute atomic E-state index is 6.48. The number of nitrogens with two attached hydrogens (primary N) is 2. The Morgan fingerprint density at radius 1 is 0.491 bits per heavy atom. The molecule has 0 aromatic heterocycles. The molecular formula is C53H74N2O2. The largest absolute Gasteiger partial charge is 0.457 e. The molecule has 6 rings (SSSR count). The van der Waals surface area contributed by atoms with Crippen LogP contribution in [-0.4, -0.2) is 0 Å². The van der Waals surface area contributed by atoms with Gasteiger partial charge in [0.15, 0.2) is 0 Å². The molecule has 2 aliphatic carbocycles. The normalized spacial score (nSPS) is 18.4. The molecule has 0 spiro atoms. The molecular weight excluding hydrogens is 697 g/mol. The maximum atomic E-state index is 6.48. The average Bonchev–Trinajstić information content (AvgIpc) is 3.21. The smallest absolute Gasteiger partial charge is 0.133 e. The van der Waals surface area contributed by atoms with E-state index in [1.165, 1.54) is 162 Å². The zero-order valence-electron chi connectivity index (χ0n) is 36.3. The highest BCUT2D eigenvalue weighted by atomic mass is 16.5. The van der Waals surface area contributed by atoms with E-state index in [-0.39, 0.29) is 5.41 Å². The van der Waals surface area contributed by atoms with E-state index in [0.29, 0.717) is 0 Å². The van der Waals surface area contributed by atoms with Crippen LogP contribution in [0.25, 0.3) is 0 Å². The first kappa shape index (κ1) is 42.7. The van der Waals surface area contributed by atoms with Gasteiger partial charge < -0.3 is 20.9 Å². The Hall–Kier alpha value is -3.92. The van der Waals surface area contributed by atoms with Crippen molar-refractivity contribution in [3.05, 3.63) is 106 Å². The van der Waals surface area contributed by atoms with Crippen molar-refractivity contribution in [1.29, 1.82) is 0 Å². The van der Waals surface area contributed by atoms with Crippen LogP contribution in [0.3, 0.4) is 0 Å². The molecule has 0 amide bonds. The second-order valence-corrected chi connectivity index (χ2v) is 18.2. The Labute approximate surface area is 346 Å². The van der Waals surface area contributed by atoms with Crippen LogP contribution in [0.2, 0.25) is 0 Å². The lowest BCUT2D eigenvalue weighted by atomic mass is 9.59. The summed E-state index contributed by atoms with van der Waals surface area (Å²) in [6.07, 6.45) is 28.0. The van der Waals surface area contributed by atoms with Gasteiger partial charge in [-0.3, -0.25) is 0 Å². The van der Waals surface area contributed by atoms with Gasteiger partial charge in [0.1, 0.15) is 23.0 Å². The SMILES string of the molecule is CCCCCCCCCCCCC[C@H]1CC[C@@H](C2CCC(c3cc(C)c(Oc4ccc(N)cc4)c(C)c3)(c3cc(C)c(Oc4ccc(N)cc4)c(C)c3)CC2)CC1. The van der Waals surface area contributed by atoms with E-state index in [2.05, 4.69) is 58.9 Å². The summed E-state index contributed by atoms with van der Waals surface area (Å²) in [6.45, 7) is 11.1. The molecule has 4 aromatic carbocycles. The third-order valence-corrected chi connectivity index (χ3v) is 13.9. The third kappa shape index (κ3) is 11.4. The number of benzene rings is 4. The van der Waals surface area contributed by atoms with Crippen LogP contribution in [0.1, 0.15) is 169 Å². The highest BCUT2D eigenvalue weighted by Gasteiger charge is 2.42. The number of nitrogen functional groups attached to an aromatic ring is 2. The van der Waals surface area contributed by atoms with Crippen molar-refractivity contribution < 1.29 is 9.47 Å². The fourth-order valence-electron chi connectivity index (χ4n) is 10.5. The van der Waals surface area contributed by atoms with Crippen molar-refractivity contribution in [2.75, 3.05) is 11.5 Å². The summed E-state index contributed by atoms with van der Waals surface area (Å²) in [5, 5.41) is 0. The number of anilines is 2. The van der Waals surface area contributed by atoms with E-state index in [9.17, 15) is 0 Å². The van der Waals surface area contributed by atoms with Gasteiger partial charge in [-0.15, -0.1) is 0 Å². The van der Waals surface area contributed by atoms with Gasteiger partial charge in [-0.05, 0) is 166 Å². The van der Waals surface area contributed by atoms with Crippen molar-refractivity contribution in [3.8, 4) is 23.0 Å². The molecule has 57 heavy (non-hydrogen) atoms. The van der Waals surface area contributed by atoms with Crippen molar-refractivity contribution >= 4 is 11.4 Å². The molecule has 4 heteroatoms. The quantitative estimate of drug-likeness (QED) is 0.0736. The lowest BCUT2D eigenvalue weighted by Gasteiger charge is -2.45. The molecule has 0 bridgehead atoms. The summed E-state index contributed by atoms with van der Waals surface area (Å²) < 4.78 is 13.0. The number of hydrogen-bond donors (Lipinski definition) is 2. The molecule has 4 aromatic rings. The molecule has 2 fully saturated rings. The first-order valence-corrected chi connectivity index (χ1v) is 23.0. The predicted molar refractivity (Wildman–Crippen MR) is 243 cm³/mol. The topological polar surface area (TPSA) is 70.5 Å². The summed E-state index contributed by atoms with van der Waals surface area (Å²) in [4.78, 5) is 0. The molecule has 0 heterocycles. The van der Waals surface area contributed by atoms with Crippen molar-refractivity contribution in [1.82, 2.24) is 0 Å². The lowest BCUT2D eigenvalue weighted by Crippen LogP contribution is -2.36. The van der Waals surface area contributed by atoms with Crippen molar-refractivity contribution in [3.63, 3.8) is 0 Å². The van der Waals surface area contributed by atoms with E-state index in [0.717, 1.165) is 52.1 Å². The van der Waals surface area contributed by atoms with Crippen LogP contribution in [0.4, 0.5) is 11.4 Å². The fourth-order valence-corrected chi connectivity index (χ4v) is 10.5. The molecule has 4 N–H and O–H groups in total. The van der Waals surface area contributed by atoms with Gasteiger partial charge in [-0.1, -0.05) is 121 Å². The monoisotopic (exact) mass is 771 g/mol. The number of ether oxygens (including phenoxy) is 2. The summed E-state index contributed by atoms with van der Waals surface area (Å²) >= 11 is 0. The molecule has 2 aliphatic rings. The number of rotatable bonds is 19. The van der Waals surface area contributed by atoms with Gasteiger partial charge in [0.25, 0.3) is 0 Å². The summed E-state index contributed by atoms with van der Waals surface area (Å²) in [6, 6.07) is 25.1. The minimum Gasteiger partial charge on any atom is -0.457 e. The Bertz CT molecular complexity index is 1680. The van der Waals surface area contributed by atoms with E-state index >= 15 is 0 Å². The van der Waals surface area contributed by atoms with E-state index in [4.69, 9.17) is 20.9 Å². The zero-order valence-corrected chi connectivity index (χ0v) is 36.3. The minimum absolute atomic E-state index is 0.0623. The van der Waals surface area contributed by atoms with E-state index in [1.807, 2.05) is 48.5 Å². The van der Waals surface area contributed by atoms with E-state index in [1.54, 1.807) is 0 Å². The first-order chi connectivity index (χ1) is 27.6. The standard InChI is InChI=1S/C53H74N2O2/c1-6-7-8-9-10-11-12-13-14-15-16-17-42-18-20-43(21-19-42)44-30-32-53(33-31-44,45-34-38(2)51(39(3)35-45)56-49-26-22-47(54)23-27-49)46-36-40(4)52(41(5)37-46)57-50-28-24-48(55)25-29-50/h22-29,34-37,42-44H,6-21,30-33,54-55H2,1-5H3/t42-,43+. The predicted octanol–water partition coefficient (Wildman–Crippen LogP) is 15.7. The van der Waals surface area contributed by atoms with Crippen LogP contribution >= 0.6 is 0 Å². The van der Waals surface area contributed by atoms with Gasteiger partial charge in [-0.2, -0.15) is 0 Å². The molecule has 4 nitrogen and oxygen atoms in total. The van der Waals surface area contributed by atoms with Crippen LogP contribution < -0.4 is 20.9 Å². The second-order valence-electron chi connectivity index (χ2n) is 18.2. The van der Waals surface area contributed by atoms with Gasteiger partial charge in [-0.25, -0.2) is 0 Å². The summed E-state index contributed by atoms with van der Waals surface area (Å²) in [5.41, 5.74) is 20.9. The molecule has 2 saturated carbocycles. The summed E-state index contributed by atoms with van der Waals surface area (Å²) in [5.74, 6) is 6.18. The van der Waals surface area contributed by atoms with Gasteiger partial charge in [0, 0.05) is 16.8 Å². The molecule has 0 aliphatic heterocycles. The number of hydrogen-bond acceptors (Lipinski definition) is 4. The van der Waals surface area contributed by atoms with Gasteiger partial charge >= 0.3 is 0 Å². The van der Waals surface area contributed by atoms with Crippen LogP contribution in [-0.2, 0) is 5.41 Å². The summed E-state index contributed by atoms with van der Waals surface area (Å²) in [7, 11) is 0. The minimum atomic E-state index is -0.0623. The zero-order chi connectivity index (χ0) is 40.2. The molecule has 0 saturated heterocycles. The average molecular weight is 771 g/mol. The Morgan fingerprint density at radius 3 is 1.26 bits per heavy atom. The van der Waals surface area contributed by atoms with Crippen LogP contribution in [0, 0.1) is 45.4 Å². The Balaban J connectivity index is 1.11. The number of unbranched alkanes of at least 4 members (excludes halogenated alkanes) is 10. The molecule has 0 atom stereocenters. The highest BCUT2D eigenvalue weighted by Crippen LogP contribution is 2.52. The molecule has 0 radical (unpaired) electrons. The number of aryl methyl sites for hydroxylation is 4. The van der Waals surface area contributed by atoms with E-state index < -0.39 is 0 Å². The van der Waals surface area contributed by atoms with Crippen LogP contribution in [0.5, 0.6) is 23.0 Å². The maximum Gasteiger partial charge on any atom is 0.133 e. The van der Waals surface area contributed by atoms with Crippen molar-refractivity contribution in [2.24, 2.45) is 17.8 Å². The molecule has 0 unspecified atom stereocenters.